The summed E-state index contributed by atoms with van der Waals surface area (Å²) in [4.78, 5) is 0. The summed E-state index contributed by atoms with van der Waals surface area (Å²) in [5.41, 5.74) is 2.98. The smallest absolute Gasteiger partial charge is 0.0772 e. The number of benzene rings is 1. The molecule has 1 atom stereocenters. The van der Waals surface area contributed by atoms with E-state index in [1.165, 1.54) is 0 Å². The van der Waals surface area contributed by atoms with Crippen LogP contribution in [-0.4, -0.2) is 14.9 Å². The van der Waals surface area contributed by atoms with Crippen molar-refractivity contribution in [2.75, 3.05) is 0 Å². The van der Waals surface area contributed by atoms with E-state index in [0.717, 1.165) is 21.3 Å². The van der Waals surface area contributed by atoms with Gasteiger partial charge in [0.05, 0.1) is 18.0 Å². The molecule has 0 saturated heterocycles. The van der Waals surface area contributed by atoms with Crippen molar-refractivity contribution in [2.45, 2.75) is 20.0 Å². The summed E-state index contributed by atoms with van der Waals surface area (Å²) in [5.74, 6) is 0. The van der Waals surface area contributed by atoms with Gasteiger partial charge in [0.2, 0.25) is 0 Å². The number of aliphatic hydroxyl groups excluding tert-OH is 1. The predicted molar refractivity (Wildman–Crippen MR) is 66.6 cm³/mol. The summed E-state index contributed by atoms with van der Waals surface area (Å²) in [5, 5.41) is 13.8. The van der Waals surface area contributed by atoms with E-state index in [1.807, 2.05) is 42.2 Å². The Kier molecular flexibility index (Phi) is 3.12. The first-order valence-electron chi connectivity index (χ1n) is 5.07. The Morgan fingerprint density at radius 3 is 2.69 bits per heavy atom. The summed E-state index contributed by atoms with van der Waals surface area (Å²) in [6.07, 6.45) is 3.31. The Balaban J connectivity index is 2.42. The van der Waals surface area contributed by atoms with Gasteiger partial charge in [0.25, 0.3) is 0 Å². The molecule has 1 aromatic carbocycles. The van der Waals surface area contributed by atoms with E-state index in [9.17, 15) is 5.11 Å². The molecule has 1 heterocycles. The molecule has 3 nitrogen and oxygen atoms in total. The van der Waals surface area contributed by atoms with Gasteiger partial charge in [-0.25, -0.2) is 4.68 Å². The monoisotopic (exact) mass is 280 g/mol. The molecule has 2 rings (SSSR count). The van der Waals surface area contributed by atoms with Gasteiger partial charge >= 0.3 is 0 Å². The second kappa shape index (κ2) is 4.39. The maximum absolute atomic E-state index is 9.52. The van der Waals surface area contributed by atoms with E-state index < -0.39 is 6.10 Å². The molecule has 0 amide bonds. The van der Waals surface area contributed by atoms with Crippen LogP contribution in [0.3, 0.4) is 0 Å². The zero-order chi connectivity index (χ0) is 11.7. The van der Waals surface area contributed by atoms with E-state index >= 15 is 0 Å². The minimum absolute atomic E-state index is 0.470. The van der Waals surface area contributed by atoms with Gasteiger partial charge in [-0.15, -0.1) is 0 Å². The normalized spacial score (nSPS) is 12.8. The summed E-state index contributed by atoms with van der Waals surface area (Å²) < 4.78 is 2.71. The van der Waals surface area contributed by atoms with Gasteiger partial charge < -0.3 is 5.11 Å². The van der Waals surface area contributed by atoms with E-state index in [2.05, 4.69) is 21.0 Å². The first-order chi connectivity index (χ1) is 7.58. The summed E-state index contributed by atoms with van der Waals surface area (Å²) in [7, 11) is 0. The van der Waals surface area contributed by atoms with Gasteiger partial charge in [-0.1, -0.05) is 22.0 Å². The fourth-order valence-corrected chi connectivity index (χ4v) is 2.25. The Bertz CT molecular complexity index is 505. The van der Waals surface area contributed by atoms with E-state index in [4.69, 9.17) is 0 Å². The van der Waals surface area contributed by atoms with Crippen LogP contribution < -0.4 is 0 Å². The molecule has 16 heavy (non-hydrogen) atoms. The van der Waals surface area contributed by atoms with Gasteiger partial charge in [0.15, 0.2) is 0 Å². The molecule has 4 heteroatoms. The molecule has 0 radical (unpaired) electrons. The van der Waals surface area contributed by atoms with Crippen LogP contribution in [0.1, 0.15) is 24.2 Å². The number of nitrogens with zero attached hydrogens (tertiary/aromatic N) is 2. The molecule has 2 aromatic rings. The third kappa shape index (κ3) is 2.18. The maximum atomic E-state index is 9.52. The molecule has 1 aromatic heterocycles. The lowest BCUT2D eigenvalue weighted by molar-refractivity contribution is 0.198. The Morgan fingerprint density at radius 1 is 1.44 bits per heavy atom. The summed E-state index contributed by atoms with van der Waals surface area (Å²) in [6, 6.07) is 5.80. The average molecular weight is 281 g/mol. The van der Waals surface area contributed by atoms with Crippen molar-refractivity contribution in [1.29, 1.82) is 0 Å². The predicted octanol–water partition coefficient (Wildman–Crippen LogP) is 3.00. The number of halogens is 1. The highest BCUT2D eigenvalue weighted by Gasteiger charge is 2.07. The largest absolute Gasteiger partial charge is 0.389 e. The number of hydrogen-bond donors (Lipinski definition) is 1. The van der Waals surface area contributed by atoms with E-state index in [1.54, 1.807) is 6.92 Å². The van der Waals surface area contributed by atoms with Gasteiger partial charge in [0, 0.05) is 10.7 Å². The molecule has 0 spiro atoms. The number of aryl methyl sites for hydroxylation is 1. The maximum Gasteiger partial charge on any atom is 0.0772 e. The Labute approximate surface area is 103 Å². The van der Waals surface area contributed by atoms with Crippen molar-refractivity contribution in [3.8, 4) is 5.69 Å². The lowest BCUT2D eigenvalue weighted by atomic mass is 10.1. The molecule has 1 N–H and O–H groups in total. The third-order valence-electron chi connectivity index (χ3n) is 2.41. The second-order valence-electron chi connectivity index (χ2n) is 3.84. The SMILES string of the molecule is Cc1cnn(-c2ccc([C@H](C)O)c(Br)c2)c1. The van der Waals surface area contributed by atoms with Crippen molar-refractivity contribution in [3.05, 3.63) is 46.2 Å². The number of rotatable bonds is 2. The lowest BCUT2D eigenvalue weighted by Gasteiger charge is -2.09. The first-order valence-corrected chi connectivity index (χ1v) is 5.86. The molecule has 0 bridgehead atoms. The zero-order valence-electron chi connectivity index (χ0n) is 9.18. The Hall–Kier alpha value is -1.13. The van der Waals surface area contributed by atoms with Gasteiger partial charge in [-0.3, -0.25) is 0 Å². The molecular formula is C12H13BrN2O. The highest BCUT2D eigenvalue weighted by Crippen LogP contribution is 2.25. The molecule has 0 saturated carbocycles. The molecule has 0 aliphatic heterocycles. The van der Waals surface area contributed by atoms with Crippen molar-refractivity contribution in [1.82, 2.24) is 9.78 Å². The summed E-state index contributed by atoms with van der Waals surface area (Å²) >= 11 is 3.45. The molecule has 0 unspecified atom stereocenters. The zero-order valence-corrected chi connectivity index (χ0v) is 10.8. The third-order valence-corrected chi connectivity index (χ3v) is 3.10. The number of hydrogen-bond acceptors (Lipinski definition) is 2. The average Bonchev–Trinajstić information content (AvgIpc) is 2.64. The molecular weight excluding hydrogens is 268 g/mol. The standard InChI is InChI=1S/C12H13BrN2O/c1-8-6-14-15(7-8)10-3-4-11(9(2)16)12(13)5-10/h3-7,9,16H,1-2H3/t9-/m0/s1. The highest BCUT2D eigenvalue weighted by molar-refractivity contribution is 9.10. The van der Waals surface area contributed by atoms with Crippen LogP contribution in [-0.2, 0) is 0 Å². The fraction of sp³-hybridized carbons (Fsp3) is 0.250. The van der Waals surface area contributed by atoms with Crippen LogP contribution in [0.4, 0.5) is 0 Å². The quantitative estimate of drug-likeness (QED) is 0.919. The van der Waals surface area contributed by atoms with E-state index in [0.29, 0.717) is 0 Å². The van der Waals surface area contributed by atoms with Crippen molar-refractivity contribution >= 4 is 15.9 Å². The van der Waals surface area contributed by atoms with Crippen LogP contribution in [0, 0.1) is 6.92 Å². The number of aromatic nitrogens is 2. The van der Waals surface area contributed by atoms with Crippen LogP contribution in [0.25, 0.3) is 5.69 Å². The van der Waals surface area contributed by atoms with Crippen molar-refractivity contribution < 1.29 is 5.11 Å². The molecule has 0 fully saturated rings. The van der Waals surface area contributed by atoms with Crippen LogP contribution >= 0.6 is 15.9 Å². The summed E-state index contributed by atoms with van der Waals surface area (Å²) in [6.45, 7) is 3.75. The van der Waals surface area contributed by atoms with Gasteiger partial charge in [0.1, 0.15) is 0 Å². The minimum atomic E-state index is -0.470. The number of aliphatic hydroxyl groups is 1. The highest BCUT2D eigenvalue weighted by atomic mass is 79.9. The van der Waals surface area contributed by atoms with Gasteiger partial charge in [-0.2, -0.15) is 5.10 Å². The van der Waals surface area contributed by atoms with Gasteiger partial charge in [-0.05, 0) is 37.1 Å². The Morgan fingerprint density at radius 2 is 2.19 bits per heavy atom. The lowest BCUT2D eigenvalue weighted by Crippen LogP contribution is -1.97. The van der Waals surface area contributed by atoms with Crippen LogP contribution in [0.2, 0.25) is 0 Å². The molecule has 0 aliphatic carbocycles. The van der Waals surface area contributed by atoms with Crippen molar-refractivity contribution in [2.24, 2.45) is 0 Å². The van der Waals surface area contributed by atoms with Crippen LogP contribution in [0.5, 0.6) is 0 Å². The van der Waals surface area contributed by atoms with Crippen molar-refractivity contribution in [3.63, 3.8) is 0 Å². The fourth-order valence-electron chi connectivity index (χ4n) is 1.55. The van der Waals surface area contributed by atoms with Crippen LogP contribution in [0.15, 0.2) is 35.1 Å². The molecule has 0 aliphatic rings. The first kappa shape index (κ1) is 11.4. The minimum Gasteiger partial charge on any atom is -0.389 e. The molecule has 84 valence electrons. The topological polar surface area (TPSA) is 38.0 Å². The van der Waals surface area contributed by atoms with E-state index in [-0.39, 0.29) is 0 Å². The second-order valence-corrected chi connectivity index (χ2v) is 4.70.